The van der Waals surface area contributed by atoms with Crippen LogP contribution in [-0.4, -0.2) is 50.0 Å². The van der Waals surface area contributed by atoms with E-state index in [4.69, 9.17) is 39.5 Å². The Morgan fingerprint density at radius 1 is 1.12 bits per heavy atom. The summed E-state index contributed by atoms with van der Waals surface area (Å²) in [7, 11) is -2.02. The second kappa shape index (κ2) is 10.3. The van der Waals surface area contributed by atoms with Crippen LogP contribution in [0.4, 0.5) is 0 Å². The zero-order valence-corrected chi connectivity index (χ0v) is 22.2. The fourth-order valence-corrected chi connectivity index (χ4v) is 8.46. The van der Waals surface area contributed by atoms with E-state index in [-0.39, 0.29) is 29.1 Å². The Bertz CT molecular complexity index is 1360. The summed E-state index contributed by atoms with van der Waals surface area (Å²) in [5.41, 5.74) is 0.716. The molecule has 1 fully saturated rings. The number of methoxy groups -OCH3 is 1. The molecule has 0 bridgehead atoms. The van der Waals surface area contributed by atoms with Crippen LogP contribution in [0.1, 0.15) is 12.8 Å². The van der Waals surface area contributed by atoms with Crippen LogP contribution in [0.5, 0.6) is 0 Å². The first-order valence-corrected chi connectivity index (χ1v) is 14.2. The number of halogens is 3. The highest BCUT2D eigenvalue weighted by Crippen LogP contribution is 2.33. The van der Waals surface area contributed by atoms with Crippen molar-refractivity contribution < 1.29 is 17.9 Å². The number of nitrogens with zero attached hydrogens (tertiary/aromatic N) is 3. The van der Waals surface area contributed by atoms with Crippen LogP contribution in [0.25, 0.3) is 10.2 Å². The van der Waals surface area contributed by atoms with Crippen LogP contribution < -0.4 is 4.80 Å². The maximum atomic E-state index is 13.0. The number of thiophene rings is 1. The molecule has 1 aromatic carbocycles. The maximum Gasteiger partial charge on any atom is 0.252 e. The van der Waals surface area contributed by atoms with Crippen molar-refractivity contribution in [2.24, 2.45) is 10.9 Å². The molecule has 0 spiro atoms. The van der Waals surface area contributed by atoms with Gasteiger partial charge in [0, 0.05) is 32.7 Å². The van der Waals surface area contributed by atoms with Gasteiger partial charge in [0.2, 0.25) is 0 Å². The Morgan fingerprint density at radius 2 is 1.82 bits per heavy atom. The van der Waals surface area contributed by atoms with Crippen LogP contribution in [0.15, 0.2) is 33.5 Å². The van der Waals surface area contributed by atoms with Gasteiger partial charge in [0.1, 0.15) is 4.21 Å². The van der Waals surface area contributed by atoms with Gasteiger partial charge in [-0.1, -0.05) is 46.1 Å². The molecule has 13 heteroatoms. The molecule has 1 aliphatic heterocycles. The lowest BCUT2D eigenvalue weighted by Gasteiger charge is -2.29. The lowest BCUT2D eigenvalue weighted by atomic mass is 9.98. The first-order chi connectivity index (χ1) is 15.7. The molecule has 178 valence electrons. The van der Waals surface area contributed by atoms with E-state index in [9.17, 15) is 13.2 Å². The number of ether oxygens (including phenoxy) is 1. The van der Waals surface area contributed by atoms with E-state index in [2.05, 4.69) is 4.99 Å². The number of rotatable bonds is 6. The van der Waals surface area contributed by atoms with Gasteiger partial charge in [-0.3, -0.25) is 4.79 Å². The monoisotopic (exact) mass is 567 g/mol. The smallest absolute Gasteiger partial charge is 0.252 e. The topological polar surface area (TPSA) is 81.0 Å². The molecule has 0 unspecified atom stereocenters. The zero-order chi connectivity index (χ0) is 23.8. The molecule has 0 N–H and O–H groups in total. The van der Waals surface area contributed by atoms with E-state index < -0.39 is 10.0 Å². The van der Waals surface area contributed by atoms with Crippen LogP contribution in [-0.2, 0) is 26.1 Å². The largest absolute Gasteiger partial charge is 0.383 e. The molecule has 2 aromatic heterocycles. The van der Waals surface area contributed by atoms with Gasteiger partial charge < -0.3 is 9.30 Å². The average Bonchev–Trinajstić information content (AvgIpc) is 3.40. The van der Waals surface area contributed by atoms with Gasteiger partial charge in [-0.05, 0) is 37.1 Å². The van der Waals surface area contributed by atoms with Crippen molar-refractivity contribution in [2.75, 3.05) is 26.8 Å². The Kier molecular flexibility index (Phi) is 7.86. The van der Waals surface area contributed by atoms with Crippen LogP contribution in [0.2, 0.25) is 14.4 Å². The van der Waals surface area contributed by atoms with Gasteiger partial charge in [-0.15, -0.1) is 11.3 Å². The number of benzene rings is 1. The van der Waals surface area contributed by atoms with Crippen LogP contribution in [0.3, 0.4) is 0 Å². The fourth-order valence-electron chi connectivity index (χ4n) is 3.68. The van der Waals surface area contributed by atoms with Crippen LogP contribution in [0, 0.1) is 5.92 Å². The number of thiazole rings is 1. The van der Waals surface area contributed by atoms with Crippen molar-refractivity contribution in [1.29, 1.82) is 0 Å². The van der Waals surface area contributed by atoms with Crippen molar-refractivity contribution in [3.05, 3.63) is 43.4 Å². The highest BCUT2D eigenvalue weighted by Gasteiger charge is 2.33. The van der Waals surface area contributed by atoms with Gasteiger partial charge in [0.05, 0.1) is 31.2 Å². The highest BCUT2D eigenvalue weighted by molar-refractivity contribution is 7.91. The van der Waals surface area contributed by atoms with E-state index in [1.165, 1.54) is 21.7 Å². The maximum absolute atomic E-state index is 13.0. The summed E-state index contributed by atoms with van der Waals surface area (Å²) in [6, 6.07) is 6.50. The summed E-state index contributed by atoms with van der Waals surface area (Å²) < 4.78 is 35.4. The van der Waals surface area contributed by atoms with E-state index in [0.717, 1.165) is 16.0 Å². The Hall–Kier alpha value is -0.980. The van der Waals surface area contributed by atoms with Gasteiger partial charge in [0.25, 0.3) is 15.9 Å². The Balaban J connectivity index is 1.57. The number of piperidine rings is 1. The second-order valence-corrected chi connectivity index (χ2v) is 13.1. The molecule has 0 aliphatic carbocycles. The minimum Gasteiger partial charge on any atom is -0.383 e. The van der Waals surface area contributed by atoms with Gasteiger partial charge in [0.15, 0.2) is 4.80 Å². The number of amides is 1. The number of aromatic nitrogens is 1. The molecule has 0 atom stereocenters. The third kappa shape index (κ3) is 5.18. The minimum absolute atomic E-state index is 0.209. The van der Waals surface area contributed by atoms with E-state index in [1.807, 2.05) is 4.57 Å². The quantitative estimate of drug-likeness (QED) is 0.424. The predicted molar refractivity (Wildman–Crippen MR) is 133 cm³/mol. The number of hydrogen-bond donors (Lipinski definition) is 0. The number of fused-ring (bicyclic) bond motifs is 1. The summed E-state index contributed by atoms with van der Waals surface area (Å²) in [5.74, 6) is -0.647. The number of carbonyl (C=O) groups excluding carboxylic acids is 1. The molecule has 3 aromatic rings. The number of sulfonamides is 1. The highest BCUT2D eigenvalue weighted by atomic mass is 35.5. The van der Waals surface area contributed by atoms with Gasteiger partial charge in [-0.25, -0.2) is 8.42 Å². The van der Waals surface area contributed by atoms with Crippen molar-refractivity contribution in [3.63, 3.8) is 0 Å². The molecule has 3 heterocycles. The van der Waals surface area contributed by atoms with Crippen molar-refractivity contribution >= 4 is 83.6 Å². The molecular weight excluding hydrogens is 549 g/mol. The summed E-state index contributed by atoms with van der Waals surface area (Å²) in [6.45, 7) is 1.37. The third-order valence-electron chi connectivity index (χ3n) is 5.40. The first-order valence-electron chi connectivity index (χ1n) is 10.0. The van der Waals surface area contributed by atoms with Gasteiger partial charge in [-0.2, -0.15) is 9.30 Å². The van der Waals surface area contributed by atoms with E-state index in [0.29, 0.717) is 50.7 Å². The summed E-state index contributed by atoms with van der Waals surface area (Å²) in [5, 5.41) is 1.05. The number of carbonyl (C=O) groups is 1. The molecule has 33 heavy (non-hydrogen) atoms. The lowest BCUT2D eigenvalue weighted by Crippen LogP contribution is -2.40. The summed E-state index contributed by atoms with van der Waals surface area (Å²) in [4.78, 5) is 17.9. The molecule has 4 rings (SSSR count). The molecular formula is C20H20Cl3N3O4S3. The molecule has 0 radical (unpaired) electrons. The Labute approximate surface area is 214 Å². The molecule has 1 aliphatic rings. The summed E-state index contributed by atoms with van der Waals surface area (Å²) in [6.07, 6.45) is 0.788. The molecule has 1 saturated heterocycles. The first kappa shape index (κ1) is 25.1. The van der Waals surface area contributed by atoms with Crippen molar-refractivity contribution in [1.82, 2.24) is 8.87 Å². The predicted octanol–water partition coefficient (Wildman–Crippen LogP) is 4.90. The summed E-state index contributed by atoms with van der Waals surface area (Å²) >= 11 is 21.0. The average molecular weight is 569 g/mol. The molecule has 0 saturated carbocycles. The second-order valence-electron chi connectivity index (χ2n) is 7.42. The van der Waals surface area contributed by atoms with Crippen molar-refractivity contribution in [2.45, 2.75) is 23.6 Å². The fraction of sp³-hybridized carbons (Fsp3) is 0.400. The minimum atomic E-state index is -3.61. The normalized spacial score (nSPS) is 16.7. The van der Waals surface area contributed by atoms with Crippen molar-refractivity contribution in [3.8, 4) is 0 Å². The van der Waals surface area contributed by atoms with E-state index >= 15 is 0 Å². The van der Waals surface area contributed by atoms with Crippen LogP contribution >= 0.6 is 57.5 Å². The molecule has 7 nitrogen and oxygen atoms in total. The number of hydrogen-bond acceptors (Lipinski definition) is 6. The van der Waals surface area contributed by atoms with E-state index in [1.54, 1.807) is 25.3 Å². The lowest BCUT2D eigenvalue weighted by molar-refractivity contribution is -0.122. The van der Waals surface area contributed by atoms with Gasteiger partial charge >= 0.3 is 0 Å². The zero-order valence-electron chi connectivity index (χ0n) is 17.5. The molecule has 1 amide bonds. The third-order valence-corrected chi connectivity index (χ3v) is 10.8. The Morgan fingerprint density at radius 3 is 2.45 bits per heavy atom. The standard InChI is InChI=1S/C20H20Cl3N3O4S3/c1-30-11-10-26-17-13(21)2-3-14(22)18(17)32-20(26)24-19(27)12-6-8-25(9-7-12)33(28,29)16-5-4-15(23)31-16/h2-5,12H,6-11H2,1H3. The SMILES string of the molecule is COCCn1c(=NC(=O)C2CCN(S(=O)(=O)c3ccc(Cl)s3)CC2)sc2c(Cl)ccc(Cl)c21.